The number of nitrogens with one attached hydrogen (secondary N) is 1. The molecule has 0 aliphatic carbocycles. The fraction of sp³-hybridized carbons (Fsp3) is 0.333. The van der Waals surface area contributed by atoms with Crippen molar-refractivity contribution in [2.75, 3.05) is 25.7 Å². The molecule has 2 amide bonds. The van der Waals surface area contributed by atoms with E-state index in [1.807, 2.05) is 43.3 Å². The Morgan fingerprint density at radius 3 is 2.48 bits per heavy atom. The molecule has 0 unspecified atom stereocenters. The number of carbonyl (C=O) groups is 2. The summed E-state index contributed by atoms with van der Waals surface area (Å²) in [5.41, 5.74) is 2.87. The van der Waals surface area contributed by atoms with Gasteiger partial charge in [0.1, 0.15) is 0 Å². The standard InChI is InChI=1S/C21H24N2O4/c1-14-4-7-17(8-5-14)23-13-16(11-20(23)24)21(25)22-12-15-6-9-18(26-2)19(10-15)27-3/h4-10,16H,11-13H2,1-3H3,(H,22,25)/t16-/m1/s1. The third-order valence-electron chi connectivity index (χ3n) is 4.76. The third kappa shape index (κ3) is 4.22. The van der Waals surface area contributed by atoms with Crippen molar-refractivity contribution in [1.29, 1.82) is 0 Å². The Kier molecular flexibility index (Phi) is 5.64. The largest absolute Gasteiger partial charge is 0.493 e. The van der Waals surface area contributed by atoms with Crippen LogP contribution in [0.1, 0.15) is 17.5 Å². The Bertz CT molecular complexity index is 833. The van der Waals surface area contributed by atoms with E-state index >= 15 is 0 Å². The average Bonchev–Trinajstić information content (AvgIpc) is 3.08. The van der Waals surface area contributed by atoms with E-state index in [0.29, 0.717) is 24.6 Å². The number of benzene rings is 2. The summed E-state index contributed by atoms with van der Waals surface area (Å²) in [6.07, 6.45) is 0.228. The topological polar surface area (TPSA) is 67.9 Å². The second-order valence-electron chi connectivity index (χ2n) is 6.65. The van der Waals surface area contributed by atoms with E-state index in [0.717, 1.165) is 16.8 Å². The van der Waals surface area contributed by atoms with Crippen LogP contribution in [0.2, 0.25) is 0 Å². The van der Waals surface area contributed by atoms with Crippen molar-refractivity contribution in [1.82, 2.24) is 5.32 Å². The first-order valence-electron chi connectivity index (χ1n) is 8.87. The van der Waals surface area contributed by atoms with Crippen LogP contribution >= 0.6 is 0 Å². The van der Waals surface area contributed by atoms with Gasteiger partial charge in [-0.2, -0.15) is 0 Å². The van der Waals surface area contributed by atoms with Crippen LogP contribution in [0.3, 0.4) is 0 Å². The van der Waals surface area contributed by atoms with Gasteiger partial charge in [0.05, 0.1) is 20.1 Å². The fourth-order valence-electron chi connectivity index (χ4n) is 3.18. The lowest BCUT2D eigenvalue weighted by Crippen LogP contribution is -2.32. The summed E-state index contributed by atoms with van der Waals surface area (Å²) < 4.78 is 10.5. The van der Waals surface area contributed by atoms with Gasteiger partial charge in [-0.15, -0.1) is 0 Å². The van der Waals surface area contributed by atoms with Gasteiger partial charge in [0.15, 0.2) is 11.5 Å². The number of hydrogen-bond acceptors (Lipinski definition) is 4. The molecule has 0 spiro atoms. The molecule has 0 saturated carbocycles. The highest BCUT2D eigenvalue weighted by molar-refractivity contribution is 6.00. The number of amides is 2. The van der Waals surface area contributed by atoms with Crippen molar-refractivity contribution >= 4 is 17.5 Å². The molecular formula is C21H24N2O4. The van der Waals surface area contributed by atoms with Gasteiger partial charge in [-0.3, -0.25) is 9.59 Å². The zero-order valence-electron chi connectivity index (χ0n) is 15.8. The van der Waals surface area contributed by atoms with Crippen molar-refractivity contribution in [2.45, 2.75) is 19.9 Å². The van der Waals surface area contributed by atoms with Gasteiger partial charge in [0, 0.05) is 25.2 Å². The zero-order valence-corrected chi connectivity index (χ0v) is 15.8. The van der Waals surface area contributed by atoms with E-state index < -0.39 is 0 Å². The quantitative estimate of drug-likeness (QED) is 0.851. The molecule has 2 aromatic carbocycles. The number of methoxy groups -OCH3 is 2. The molecule has 1 N–H and O–H groups in total. The molecular weight excluding hydrogens is 344 g/mol. The van der Waals surface area contributed by atoms with E-state index in [1.54, 1.807) is 25.2 Å². The molecule has 1 aliphatic heterocycles. The number of rotatable bonds is 6. The minimum atomic E-state index is -0.348. The molecule has 3 rings (SSSR count). The van der Waals surface area contributed by atoms with Crippen LogP contribution in [-0.2, 0) is 16.1 Å². The van der Waals surface area contributed by atoms with Gasteiger partial charge in [-0.05, 0) is 36.8 Å². The van der Waals surface area contributed by atoms with Gasteiger partial charge in [-0.25, -0.2) is 0 Å². The number of ether oxygens (including phenoxy) is 2. The summed E-state index contributed by atoms with van der Waals surface area (Å²) in [5.74, 6) is 0.769. The van der Waals surface area contributed by atoms with Gasteiger partial charge < -0.3 is 19.7 Å². The number of anilines is 1. The Hall–Kier alpha value is -3.02. The van der Waals surface area contributed by atoms with E-state index in [9.17, 15) is 9.59 Å². The molecule has 6 nitrogen and oxygen atoms in total. The number of aryl methyl sites for hydroxylation is 1. The maximum atomic E-state index is 12.5. The van der Waals surface area contributed by atoms with Crippen LogP contribution in [0.15, 0.2) is 42.5 Å². The molecule has 0 bridgehead atoms. The first-order chi connectivity index (χ1) is 13.0. The Morgan fingerprint density at radius 2 is 1.81 bits per heavy atom. The van der Waals surface area contributed by atoms with Crippen LogP contribution in [0.5, 0.6) is 11.5 Å². The Labute approximate surface area is 159 Å². The van der Waals surface area contributed by atoms with Crippen LogP contribution in [-0.4, -0.2) is 32.6 Å². The lowest BCUT2D eigenvalue weighted by Gasteiger charge is -2.17. The summed E-state index contributed by atoms with van der Waals surface area (Å²) in [6, 6.07) is 13.3. The maximum absolute atomic E-state index is 12.5. The molecule has 142 valence electrons. The van der Waals surface area contributed by atoms with Crippen LogP contribution in [0, 0.1) is 12.8 Å². The smallest absolute Gasteiger partial charge is 0.227 e. The van der Waals surface area contributed by atoms with Crippen molar-refractivity contribution in [3.63, 3.8) is 0 Å². The van der Waals surface area contributed by atoms with Gasteiger partial charge in [0.2, 0.25) is 11.8 Å². The van der Waals surface area contributed by atoms with E-state index in [1.165, 1.54) is 0 Å². The second kappa shape index (κ2) is 8.12. The van der Waals surface area contributed by atoms with E-state index in [2.05, 4.69) is 5.32 Å². The zero-order chi connectivity index (χ0) is 19.4. The highest BCUT2D eigenvalue weighted by Gasteiger charge is 2.34. The summed E-state index contributed by atoms with van der Waals surface area (Å²) >= 11 is 0. The predicted molar refractivity (Wildman–Crippen MR) is 103 cm³/mol. The lowest BCUT2D eigenvalue weighted by atomic mass is 10.1. The second-order valence-corrected chi connectivity index (χ2v) is 6.65. The van der Waals surface area contributed by atoms with E-state index in [4.69, 9.17) is 9.47 Å². The molecule has 27 heavy (non-hydrogen) atoms. The molecule has 0 radical (unpaired) electrons. The maximum Gasteiger partial charge on any atom is 0.227 e. The molecule has 6 heteroatoms. The SMILES string of the molecule is COc1ccc(CNC(=O)[C@@H]2CC(=O)N(c3ccc(C)cc3)C2)cc1OC. The molecule has 1 heterocycles. The molecule has 1 saturated heterocycles. The van der Waals surface area contributed by atoms with Crippen molar-refractivity contribution < 1.29 is 19.1 Å². The Morgan fingerprint density at radius 1 is 1.11 bits per heavy atom. The number of hydrogen-bond donors (Lipinski definition) is 1. The first kappa shape index (κ1) is 18.8. The monoisotopic (exact) mass is 368 g/mol. The normalized spacial score (nSPS) is 16.3. The Balaban J connectivity index is 1.60. The predicted octanol–water partition coefficient (Wildman–Crippen LogP) is 2.68. The molecule has 1 fully saturated rings. The van der Waals surface area contributed by atoms with Crippen LogP contribution in [0.25, 0.3) is 0 Å². The summed E-state index contributed by atoms with van der Waals surface area (Å²) in [4.78, 5) is 26.5. The molecule has 1 atom stereocenters. The highest BCUT2D eigenvalue weighted by atomic mass is 16.5. The van der Waals surface area contributed by atoms with E-state index in [-0.39, 0.29) is 24.2 Å². The third-order valence-corrected chi connectivity index (χ3v) is 4.76. The molecule has 2 aromatic rings. The summed E-state index contributed by atoms with van der Waals surface area (Å²) in [6.45, 7) is 2.77. The van der Waals surface area contributed by atoms with Crippen molar-refractivity contribution in [2.24, 2.45) is 5.92 Å². The first-order valence-corrected chi connectivity index (χ1v) is 8.87. The minimum Gasteiger partial charge on any atom is -0.493 e. The summed E-state index contributed by atoms with van der Waals surface area (Å²) in [7, 11) is 3.15. The lowest BCUT2D eigenvalue weighted by molar-refractivity contribution is -0.126. The average molecular weight is 368 g/mol. The molecule has 0 aromatic heterocycles. The van der Waals surface area contributed by atoms with Gasteiger partial charge in [0.25, 0.3) is 0 Å². The fourth-order valence-corrected chi connectivity index (χ4v) is 3.18. The van der Waals surface area contributed by atoms with Crippen molar-refractivity contribution in [3.8, 4) is 11.5 Å². The number of carbonyl (C=O) groups excluding carboxylic acids is 2. The minimum absolute atomic E-state index is 0.0230. The number of nitrogens with zero attached hydrogens (tertiary/aromatic N) is 1. The highest BCUT2D eigenvalue weighted by Crippen LogP contribution is 2.28. The van der Waals surface area contributed by atoms with Gasteiger partial charge >= 0.3 is 0 Å². The van der Waals surface area contributed by atoms with Gasteiger partial charge in [-0.1, -0.05) is 23.8 Å². The van der Waals surface area contributed by atoms with Crippen molar-refractivity contribution in [3.05, 3.63) is 53.6 Å². The molecule has 1 aliphatic rings. The summed E-state index contributed by atoms with van der Waals surface area (Å²) in [5, 5.41) is 2.92. The van der Waals surface area contributed by atoms with Crippen LogP contribution in [0.4, 0.5) is 5.69 Å². The van der Waals surface area contributed by atoms with Crippen LogP contribution < -0.4 is 19.7 Å².